The number of fused-ring (bicyclic) bond motifs is 1. The third-order valence-electron chi connectivity index (χ3n) is 4.28. The van der Waals surface area contributed by atoms with Gasteiger partial charge in [-0.3, -0.25) is 18.7 Å². The first-order valence-corrected chi connectivity index (χ1v) is 8.10. The van der Waals surface area contributed by atoms with Gasteiger partial charge in [-0.25, -0.2) is 4.79 Å². The number of benzene rings is 1. The molecule has 1 atom stereocenters. The van der Waals surface area contributed by atoms with E-state index in [0.29, 0.717) is 18.5 Å². The minimum atomic E-state index is -1.06. The van der Waals surface area contributed by atoms with E-state index in [1.807, 2.05) is 32.0 Å². The highest BCUT2D eigenvalue weighted by molar-refractivity contribution is 5.83. The molecule has 1 aromatic carbocycles. The predicted octanol–water partition coefficient (Wildman–Crippen LogP) is 1.53. The number of carboxylic acid groups (broad SMARTS) is 1. The molecule has 24 heavy (non-hydrogen) atoms. The molecule has 1 unspecified atom stereocenters. The van der Waals surface area contributed by atoms with Crippen LogP contribution in [0, 0.1) is 0 Å². The number of carboxylic acids is 1. The van der Waals surface area contributed by atoms with Gasteiger partial charge in [0.1, 0.15) is 13.1 Å². The Kier molecular flexibility index (Phi) is 5.43. The van der Waals surface area contributed by atoms with Crippen LogP contribution in [-0.4, -0.2) is 43.6 Å². The van der Waals surface area contributed by atoms with Crippen molar-refractivity contribution >= 4 is 22.9 Å². The van der Waals surface area contributed by atoms with Gasteiger partial charge in [-0.2, -0.15) is 0 Å². The Hall–Kier alpha value is -2.57. The second-order valence-corrected chi connectivity index (χ2v) is 5.77. The van der Waals surface area contributed by atoms with Crippen LogP contribution in [0.3, 0.4) is 0 Å². The largest absolute Gasteiger partial charge is 0.480 e. The minimum Gasteiger partial charge on any atom is -0.480 e. The van der Waals surface area contributed by atoms with Crippen LogP contribution in [0.2, 0.25) is 0 Å². The molecule has 0 aliphatic carbocycles. The van der Waals surface area contributed by atoms with Gasteiger partial charge in [-0.15, -0.1) is 0 Å². The van der Waals surface area contributed by atoms with E-state index in [1.165, 1.54) is 9.47 Å². The molecule has 1 N–H and O–H groups in total. The van der Waals surface area contributed by atoms with E-state index in [2.05, 4.69) is 0 Å². The number of imidazole rings is 1. The van der Waals surface area contributed by atoms with Gasteiger partial charge in [0.25, 0.3) is 0 Å². The summed E-state index contributed by atoms with van der Waals surface area (Å²) in [7, 11) is 0. The molecule has 2 aromatic rings. The van der Waals surface area contributed by atoms with Gasteiger partial charge >= 0.3 is 11.7 Å². The number of aryl methyl sites for hydroxylation is 1. The number of carbonyl (C=O) groups excluding carboxylic acids is 1. The first-order chi connectivity index (χ1) is 11.4. The Morgan fingerprint density at radius 2 is 1.75 bits per heavy atom. The van der Waals surface area contributed by atoms with Crippen LogP contribution in [0.4, 0.5) is 0 Å². The minimum absolute atomic E-state index is 0.163. The van der Waals surface area contributed by atoms with Crippen molar-refractivity contribution in [2.45, 2.75) is 46.3 Å². The summed E-state index contributed by atoms with van der Waals surface area (Å²) in [6.07, 6.45) is 0.643. The molecule has 0 saturated heterocycles. The maximum Gasteiger partial charge on any atom is 0.329 e. The molecule has 0 aliphatic rings. The Labute approximate surface area is 140 Å². The molecule has 0 bridgehead atoms. The average Bonchev–Trinajstić information content (AvgIpc) is 2.83. The zero-order valence-corrected chi connectivity index (χ0v) is 14.2. The monoisotopic (exact) mass is 333 g/mol. The standard InChI is InChI=1S/C17H23N3O4/c1-4-12(3)19(11-16(22)23)15(21)10-20-14-9-7-6-8-13(14)18(5-2)17(20)24/h6-9,12H,4-5,10-11H2,1-3H3,(H,22,23). The highest BCUT2D eigenvalue weighted by atomic mass is 16.4. The fourth-order valence-electron chi connectivity index (χ4n) is 2.81. The molecule has 1 aromatic heterocycles. The van der Waals surface area contributed by atoms with Crippen molar-refractivity contribution in [3.8, 4) is 0 Å². The zero-order chi connectivity index (χ0) is 17.9. The molecule has 7 heteroatoms. The summed E-state index contributed by atoms with van der Waals surface area (Å²) in [4.78, 5) is 37.6. The Morgan fingerprint density at radius 1 is 1.17 bits per heavy atom. The number of nitrogens with zero attached hydrogens (tertiary/aromatic N) is 3. The van der Waals surface area contributed by atoms with Crippen molar-refractivity contribution in [3.63, 3.8) is 0 Å². The number of aromatic nitrogens is 2. The molecule has 130 valence electrons. The van der Waals surface area contributed by atoms with Gasteiger partial charge in [-0.1, -0.05) is 19.1 Å². The molecule has 0 aliphatic heterocycles. The van der Waals surface area contributed by atoms with Crippen LogP contribution in [0.15, 0.2) is 29.1 Å². The lowest BCUT2D eigenvalue weighted by molar-refractivity contribution is -0.146. The van der Waals surface area contributed by atoms with E-state index in [1.54, 1.807) is 17.6 Å². The second-order valence-electron chi connectivity index (χ2n) is 5.77. The molecule has 1 amide bonds. The number of rotatable bonds is 7. The maximum absolute atomic E-state index is 12.6. The lowest BCUT2D eigenvalue weighted by Crippen LogP contribution is -2.44. The molecule has 0 fully saturated rings. The zero-order valence-electron chi connectivity index (χ0n) is 14.2. The smallest absolute Gasteiger partial charge is 0.329 e. The summed E-state index contributed by atoms with van der Waals surface area (Å²) >= 11 is 0. The third kappa shape index (κ3) is 3.34. The third-order valence-corrected chi connectivity index (χ3v) is 4.28. The van der Waals surface area contributed by atoms with E-state index < -0.39 is 5.97 Å². The quantitative estimate of drug-likeness (QED) is 0.833. The van der Waals surface area contributed by atoms with Gasteiger partial charge in [0.15, 0.2) is 0 Å². The van der Waals surface area contributed by atoms with Crippen molar-refractivity contribution in [2.75, 3.05) is 6.54 Å². The lowest BCUT2D eigenvalue weighted by atomic mass is 10.2. The van der Waals surface area contributed by atoms with E-state index in [4.69, 9.17) is 5.11 Å². The first-order valence-electron chi connectivity index (χ1n) is 8.10. The van der Waals surface area contributed by atoms with Crippen LogP contribution < -0.4 is 5.69 Å². The van der Waals surface area contributed by atoms with Crippen molar-refractivity contribution in [2.24, 2.45) is 0 Å². The summed E-state index contributed by atoms with van der Waals surface area (Å²) in [6, 6.07) is 7.08. The average molecular weight is 333 g/mol. The second kappa shape index (κ2) is 7.33. The maximum atomic E-state index is 12.6. The number of carbonyl (C=O) groups is 2. The van der Waals surface area contributed by atoms with E-state index in [-0.39, 0.29) is 30.7 Å². The molecule has 0 spiro atoms. The van der Waals surface area contributed by atoms with Crippen LogP contribution in [-0.2, 0) is 22.7 Å². The molecule has 1 heterocycles. The van der Waals surface area contributed by atoms with Gasteiger partial charge in [0.05, 0.1) is 11.0 Å². The summed E-state index contributed by atoms with van der Waals surface area (Å²) in [5.74, 6) is -1.43. The SMILES string of the molecule is CCC(C)N(CC(=O)O)C(=O)Cn1c(=O)n(CC)c2ccccc21. The first kappa shape index (κ1) is 17.8. The molecular formula is C17H23N3O4. The van der Waals surface area contributed by atoms with Crippen LogP contribution in [0.1, 0.15) is 27.2 Å². The summed E-state index contributed by atoms with van der Waals surface area (Å²) in [5, 5.41) is 9.05. The van der Waals surface area contributed by atoms with Crippen LogP contribution in [0.25, 0.3) is 11.0 Å². The summed E-state index contributed by atoms with van der Waals surface area (Å²) < 4.78 is 3.02. The summed E-state index contributed by atoms with van der Waals surface area (Å²) in [5.41, 5.74) is 1.19. The summed E-state index contributed by atoms with van der Waals surface area (Å²) in [6.45, 7) is 5.54. The molecule has 0 radical (unpaired) electrons. The fourth-order valence-corrected chi connectivity index (χ4v) is 2.81. The van der Waals surface area contributed by atoms with Crippen molar-refractivity contribution in [1.29, 1.82) is 0 Å². The van der Waals surface area contributed by atoms with Gasteiger partial charge in [-0.05, 0) is 32.4 Å². The molecular weight excluding hydrogens is 310 g/mol. The topological polar surface area (TPSA) is 84.5 Å². The number of amides is 1. The van der Waals surface area contributed by atoms with E-state index >= 15 is 0 Å². The molecule has 0 saturated carbocycles. The highest BCUT2D eigenvalue weighted by Gasteiger charge is 2.23. The van der Waals surface area contributed by atoms with Crippen molar-refractivity contribution in [1.82, 2.24) is 14.0 Å². The number of aliphatic carboxylic acids is 1. The Morgan fingerprint density at radius 3 is 2.25 bits per heavy atom. The fraction of sp³-hybridized carbons (Fsp3) is 0.471. The Bertz CT molecular complexity index is 806. The van der Waals surface area contributed by atoms with E-state index in [9.17, 15) is 14.4 Å². The van der Waals surface area contributed by atoms with Crippen LogP contribution >= 0.6 is 0 Å². The normalized spacial score (nSPS) is 12.3. The van der Waals surface area contributed by atoms with Crippen molar-refractivity contribution < 1.29 is 14.7 Å². The number of hydrogen-bond donors (Lipinski definition) is 1. The number of hydrogen-bond acceptors (Lipinski definition) is 3. The van der Waals surface area contributed by atoms with Gasteiger partial charge in [0.2, 0.25) is 5.91 Å². The van der Waals surface area contributed by atoms with Crippen molar-refractivity contribution in [3.05, 3.63) is 34.7 Å². The Balaban J connectivity index is 2.41. The van der Waals surface area contributed by atoms with Gasteiger partial charge < -0.3 is 10.0 Å². The highest BCUT2D eigenvalue weighted by Crippen LogP contribution is 2.13. The van der Waals surface area contributed by atoms with Gasteiger partial charge in [0, 0.05) is 12.6 Å². The molecule has 2 rings (SSSR count). The lowest BCUT2D eigenvalue weighted by Gasteiger charge is -2.27. The number of para-hydroxylation sites is 2. The molecule has 7 nitrogen and oxygen atoms in total. The van der Waals surface area contributed by atoms with Crippen LogP contribution in [0.5, 0.6) is 0 Å². The predicted molar refractivity (Wildman–Crippen MR) is 91.0 cm³/mol. The van der Waals surface area contributed by atoms with E-state index in [0.717, 1.165) is 5.52 Å².